The Morgan fingerprint density at radius 1 is 1.30 bits per heavy atom. The summed E-state index contributed by atoms with van der Waals surface area (Å²) in [6.07, 6.45) is 5.26. The Balaban J connectivity index is 1.87. The van der Waals surface area contributed by atoms with Crippen LogP contribution in [0.15, 0.2) is 36.8 Å². The molecule has 0 saturated heterocycles. The summed E-state index contributed by atoms with van der Waals surface area (Å²) in [6, 6.07) is 7.29. The molecular formula is C20H24N6O. The van der Waals surface area contributed by atoms with E-state index in [-0.39, 0.29) is 11.9 Å². The van der Waals surface area contributed by atoms with Gasteiger partial charge in [-0.05, 0) is 38.0 Å². The maximum Gasteiger partial charge on any atom is 0.251 e. The van der Waals surface area contributed by atoms with Gasteiger partial charge in [-0.3, -0.25) is 9.48 Å². The van der Waals surface area contributed by atoms with Crippen LogP contribution in [0, 0.1) is 6.92 Å². The van der Waals surface area contributed by atoms with E-state index in [2.05, 4.69) is 32.3 Å². The quantitative estimate of drug-likeness (QED) is 0.727. The molecule has 140 valence electrons. The molecule has 3 aromatic rings. The van der Waals surface area contributed by atoms with Crippen molar-refractivity contribution >= 4 is 5.91 Å². The highest BCUT2D eigenvalue weighted by Crippen LogP contribution is 2.24. The highest BCUT2D eigenvalue weighted by Gasteiger charge is 2.16. The van der Waals surface area contributed by atoms with Crippen molar-refractivity contribution in [1.82, 2.24) is 30.0 Å². The van der Waals surface area contributed by atoms with Gasteiger partial charge < -0.3 is 5.32 Å². The fourth-order valence-corrected chi connectivity index (χ4v) is 3.05. The first-order valence-electron chi connectivity index (χ1n) is 9.07. The molecule has 2 heterocycles. The van der Waals surface area contributed by atoms with Crippen molar-refractivity contribution in [3.05, 3.63) is 59.6 Å². The molecule has 1 aromatic carbocycles. The van der Waals surface area contributed by atoms with Crippen LogP contribution in [0.4, 0.5) is 0 Å². The smallest absolute Gasteiger partial charge is 0.251 e. The zero-order valence-corrected chi connectivity index (χ0v) is 16.1. The summed E-state index contributed by atoms with van der Waals surface area (Å²) in [5, 5.41) is 7.02. The maximum absolute atomic E-state index is 12.7. The molecule has 2 aromatic heterocycles. The number of hydrogen-bond donors (Lipinski definition) is 1. The zero-order chi connectivity index (χ0) is 19.4. The van der Waals surface area contributed by atoms with Crippen LogP contribution in [-0.4, -0.2) is 30.6 Å². The molecule has 7 nitrogen and oxygen atoms in total. The summed E-state index contributed by atoms with van der Waals surface area (Å²) in [7, 11) is 1.80. The van der Waals surface area contributed by atoms with Crippen molar-refractivity contribution in [1.29, 1.82) is 0 Å². The Morgan fingerprint density at radius 3 is 2.81 bits per heavy atom. The summed E-state index contributed by atoms with van der Waals surface area (Å²) < 4.78 is 1.65. The molecule has 0 spiro atoms. The van der Waals surface area contributed by atoms with Crippen LogP contribution >= 0.6 is 0 Å². The molecule has 0 aliphatic carbocycles. The van der Waals surface area contributed by atoms with Gasteiger partial charge in [0.1, 0.15) is 18.0 Å². The Bertz CT molecular complexity index is 949. The Hall–Kier alpha value is -3.09. The van der Waals surface area contributed by atoms with Crippen molar-refractivity contribution in [2.75, 3.05) is 0 Å². The molecule has 0 fully saturated rings. The second-order valence-electron chi connectivity index (χ2n) is 6.56. The molecule has 3 rings (SSSR count). The average molecular weight is 364 g/mol. The fourth-order valence-electron chi connectivity index (χ4n) is 3.05. The van der Waals surface area contributed by atoms with Gasteiger partial charge in [0, 0.05) is 24.4 Å². The predicted molar refractivity (Wildman–Crippen MR) is 103 cm³/mol. The number of aryl methyl sites for hydroxylation is 3. The first-order chi connectivity index (χ1) is 13.0. The summed E-state index contributed by atoms with van der Waals surface area (Å²) >= 11 is 0. The number of carbonyl (C=O) groups excluding carboxylic acids is 1. The van der Waals surface area contributed by atoms with Crippen LogP contribution in [-0.2, 0) is 13.5 Å². The van der Waals surface area contributed by atoms with Crippen molar-refractivity contribution < 1.29 is 4.79 Å². The van der Waals surface area contributed by atoms with Crippen molar-refractivity contribution in [2.24, 2.45) is 7.05 Å². The summed E-state index contributed by atoms with van der Waals surface area (Å²) in [4.78, 5) is 25.8. The van der Waals surface area contributed by atoms with Crippen LogP contribution < -0.4 is 5.32 Å². The van der Waals surface area contributed by atoms with E-state index in [1.807, 2.05) is 38.2 Å². The second-order valence-corrected chi connectivity index (χ2v) is 6.56. The third-order valence-corrected chi connectivity index (χ3v) is 4.38. The Morgan fingerprint density at radius 2 is 2.11 bits per heavy atom. The summed E-state index contributed by atoms with van der Waals surface area (Å²) in [5.74, 6) is 1.27. The third-order valence-electron chi connectivity index (χ3n) is 4.38. The molecular weight excluding hydrogens is 340 g/mol. The van der Waals surface area contributed by atoms with Crippen LogP contribution in [0.3, 0.4) is 0 Å². The highest BCUT2D eigenvalue weighted by molar-refractivity contribution is 5.95. The molecule has 0 saturated carbocycles. The third kappa shape index (κ3) is 4.19. The minimum atomic E-state index is -0.245. The molecule has 27 heavy (non-hydrogen) atoms. The van der Waals surface area contributed by atoms with Crippen LogP contribution in [0.1, 0.15) is 53.9 Å². The summed E-state index contributed by atoms with van der Waals surface area (Å²) in [6.45, 7) is 5.89. The first kappa shape index (κ1) is 18.7. The number of aromatic nitrogens is 5. The lowest BCUT2D eigenvalue weighted by Crippen LogP contribution is -2.28. The minimum Gasteiger partial charge on any atom is -0.342 e. The number of nitrogens with one attached hydrogen (secondary N) is 1. The van der Waals surface area contributed by atoms with Gasteiger partial charge in [0.15, 0.2) is 0 Å². The number of nitrogens with zero attached hydrogens (tertiary/aromatic N) is 5. The number of rotatable bonds is 6. The normalized spacial score (nSPS) is 12.0. The number of amides is 1. The van der Waals surface area contributed by atoms with E-state index in [0.717, 1.165) is 35.5 Å². The molecule has 0 aliphatic rings. The van der Waals surface area contributed by atoms with Gasteiger partial charge in [-0.1, -0.05) is 25.5 Å². The van der Waals surface area contributed by atoms with Crippen molar-refractivity contribution in [3.63, 3.8) is 0 Å². The highest BCUT2D eigenvalue weighted by atomic mass is 16.1. The van der Waals surface area contributed by atoms with Gasteiger partial charge in [0.05, 0.1) is 11.7 Å². The molecule has 0 radical (unpaired) electrons. The Labute approximate surface area is 158 Å². The molecule has 0 unspecified atom stereocenters. The number of hydrogen-bond acceptors (Lipinski definition) is 5. The van der Waals surface area contributed by atoms with Gasteiger partial charge in [-0.2, -0.15) is 5.10 Å². The number of benzene rings is 1. The van der Waals surface area contributed by atoms with Gasteiger partial charge in [-0.25, -0.2) is 15.0 Å². The zero-order valence-electron chi connectivity index (χ0n) is 16.1. The molecule has 1 amide bonds. The maximum atomic E-state index is 12.7. The molecule has 7 heteroatoms. The van der Waals surface area contributed by atoms with E-state index in [4.69, 9.17) is 0 Å². The van der Waals surface area contributed by atoms with E-state index >= 15 is 0 Å². The van der Waals surface area contributed by atoms with Gasteiger partial charge in [0.2, 0.25) is 0 Å². The van der Waals surface area contributed by atoms with Crippen LogP contribution in [0.2, 0.25) is 0 Å². The van der Waals surface area contributed by atoms with Crippen molar-refractivity contribution in [3.8, 4) is 11.3 Å². The minimum absolute atomic E-state index is 0.157. The van der Waals surface area contributed by atoms with E-state index in [1.165, 1.54) is 6.33 Å². The molecule has 1 N–H and O–H groups in total. The lowest BCUT2D eigenvalue weighted by atomic mass is 10.0. The fraction of sp³-hybridized carbons (Fsp3) is 0.350. The van der Waals surface area contributed by atoms with Crippen LogP contribution in [0.5, 0.6) is 0 Å². The number of carbonyl (C=O) groups is 1. The largest absolute Gasteiger partial charge is 0.342 e. The van der Waals surface area contributed by atoms with E-state index in [0.29, 0.717) is 11.4 Å². The molecule has 0 bridgehead atoms. The standard InChI is InChI=1S/C20H24N6O/c1-5-7-17-11-21-14(3)25-18(17)15-8-6-9-16(10-15)20(27)24-13(2)19-22-12-23-26(19)4/h6,8-13H,5,7H2,1-4H3,(H,24,27)/t13-/m0/s1. The first-order valence-corrected chi connectivity index (χ1v) is 9.07. The summed E-state index contributed by atoms with van der Waals surface area (Å²) in [5.41, 5.74) is 3.48. The molecule has 0 aliphatic heterocycles. The van der Waals surface area contributed by atoms with Gasteiger partial charge in [-0.15, -0.1) is 0 Å². The van der Waals surface area contributed by atoms with Crippen molar-refractivity contribution in [2.45, 2.75) is 39.7 Å². The van der Waals surface area contributed by atoms with E-state index < -0.39 is 0 Å². The van der Waals surface area contributed by atoms with E-state index in [1.54, 1.807) is 17.8 Å². The topological polar surface area (TPSA) is 85.6 Å². The van der Waals surface area contributed by atoms with E-state index in [9.17, 15) is 4.79 Å². The SMILES string of the molecule is CCCc1cnc(C)nc1-c1cccc(C(=O)N[C@@H](C)c2ncnn2C)c1. The monoisotopic (exact) mass is 364 g/mol. The molecule has 1 atom stereocenters. The Kier molecular flexibility index (Phi) is 5.59. The average Bonchev–Trinajstić information content (AvgIpc) is 3.09. The lowest BCUT2D eigenvalue weighted by Gasteiger charge is -2.14. The van der Waals surface area contributed by atoms with Crippen LogP contribution in [0.25, 0.3) is 11.3 Å². The second kappa shape index (κ2) is 8.07. The predicted octanol–water partition coefficient (Wildman–Crippen LogP) is 3.02. The lowest BCUT2D eigenvalue weighted by molar-refractivity contribution is 0.0937. The van der Waals surface area contributed by atoms with Gasteiger partial charge in [0.25, 0.3) is 5.91 Å². The van der Waals surface area contributed by atoms with Gasteiger partial charge >= 0.3 is 0 Å².